The fourth-order valence-corrected chi connectivity index (χ4v) is 8.93. The summed E-state index contributed by atoms with van der Waals surface area (Å²) in [7, 11) is 0. The number of ketones is 2. The van der Waals surface area contributed by atoms with Gasteiger partial charge in [0.25, 0.3) is 0 Å². The molecule has 0 bridgehead atoms. The Labute approximate surface area is 245 Å². The van der Waals surface area contributed by atoms with Crippen molar-refractivity contribution >= 4 is 11.6 Å². The summed E-state index contributed by atoms with van der Waals surface area (Å²) in [5, 5.41) is 11.4. The van der Waals surface area contributed by atoms with Crippen LogP contribution in [0, 0.1) is 58.2 Å². The predicted octanol–water partition coefficient (Wildman–Crippen LogP) is 8.03. The highest BCUT2D eigenvalue weighted by Crippen LogP contribution is 2.72. The number of fused-ring (bicyclic) bond motifs is 1. The third-order valence-electron chi connectivity index (χ3n) is 12.2. The van der Waals surface area contributed by atoms with E-state index in [0.29, 0.717) is 48.6 Å². The van der Waals surface area contributed by atoms with E-state index in [2.05, 4.69) is 47.8 Å². The summed E-state index contributed by atoms with van der Waals surface area (Å²) >= 11 is 0. The fraction of sp³-hybridized carbons (Fsp3) is 0.833. The van der Waals surface area contributed by atoms with Gasteiger partial charge in [0.1, 0.15) is 17.2 Å². The van der Waals surface area contributed by atoms with Gasteiger partial charge in [0, 0.05) is 30.4 Å². The van der Waals surface area contributed by atoms with Crippen molar-refractivity contribution in [2.45, 2.75) is 131 Å². The Bertz CT molecular complexity index is 974. The largest absolute Gasteiger partial charge is 0.400 e. The number of aliphatic hydroxyl groups is 1. The molecule has 0 aromatic rings. The molecule has 3 N–H and O–H groups in total. The summed E-state index contributed by atoms with van der Waals surface area (Å²) in [5.41, 5.74) is 6.34. The lowest BCUT2D eigenvalue weighted by Gasteiger charge is -2.40. The van der Waals surface area contributed by atoms with Crippen LogP contribution >= 0.6 is 0 Å². The van der Waals surface area contributed by atoms with Crippen molar-refractivity contribution in [2.24, 2.45) is 63.9 Å². The van der Waals surface area contributed by atoms with Gasteiger partial charge in [-0.3, -0.25) is 9.59 Å². The second-order valence-electron chi connectivity index (χ2n) is 16.4. The van der Waals surface area contributed by atoms with Crippen LogP contribution in [0.1, 0.15) is 125 Å². The van der Waals surface area contributed by atoms with Crippen molar-refractivity contribution in [1.29, 1.82) is 0 Å². The Morgan fingerprint density at radius 1 is 0.950 bits per heavy atom. The van der Waals surface area contributed by atoms with Gasteiger partial charge < -0.3 is 10.8 Å². The molecule has 7 unspecified atom stereocenters. The molecule has 0 heterocycles. The zero-order valence-electron chi connectivity index (χ0n) is 26.6. The Morgan fingerprint density at radius 2 is 1.55 bits per heavy atom. The fourth-order valence-electron chi connectivity index (χ4n) is 8.93. The molecular weight excluding hydrogens is 494 g/mol. The van der Waals surface area contributed by atoms with Gasteiger partial charge >= 0.3 is 0 Å². The maximum atomic E-state index is 14.5. The van der Waals surface area contributed by atoms with Gasteiger partial charge in [0.15, 0.2) is 0 Å². The number of carbonyl (C=O) groups excluding carboxylic acids is 2. The lowest BCUT2D eigenvalue weighted by molar-refractivity contribution is -0.136. The van der Waals surface area contributed by atoms with Crippen LogP contribution in [0.3, 0.4) is 0 Å². The van der Waals surface area contributed by atoms with Crippen LogP contribution in [-0.4, -0.2) is 22.3 Å². The van der Waals surface area contributed by atoms with Gasteiger partial charge in [0.05, 0.1) is 0 Å². The third-order valence-corrected chi connectivity index (χ3v) is 12.2. The summed E-state index contributed by atoms with van der Waals surface area (Å²) in [6, 6.07) is 0. The molecule has 4 saturated carbocycles. The SMILES string of the molecule is C=C(CC(CC1CCC1)C(C)(O)C(=C)N)C1C(C(=O)C(CC(=O)CC2CCCCC2)C(C)(C)C)CC2C1C2(C)C. The van der Waals surface area contributed by atoms with Crippen LogP contribution in [0.5, 0.6) is 0 Å². The molecule has 0 aromatic heterocycles. The van der Waals surface area contributed by atoms with E-state index in [1.165, 1.54) is 38.5 Å². The molecule has 40 heavy (non-hydrogen) atoms. The van der Waals surface area contributed by atoms with E-state index >= 15 is 0 Å². The van der Waals surface area contributed by atoms with E-state index < -0.39 is 5.60 Å². The van der Waals surface area contributed by atoms with Crippen LogP contribution in [0.25, 0.3) is 0 Å². The molecule has 0 aliphatic heterocycles. The van der Waals surface area contributed by atoms with E-state index in [0.717, 1.165) is 31.3 Å². The van der Waals surface area contributed by atoms with E-state index in [-0.39, 0.29) is 46.1 Å². The summed E-state index contributed by atoms with van der Waals surface area (Å²) in [6.07, 6.45) is 13.3. The highest BCUT2D eigenvalue weighted by Gasteiger charge is 2.68. The van der Waals surface area contributed by atoms with Crippen molar-refractivity contribution in [3.05, 3.63) is 24.4 Å². The van der Waals surface area contributed by atoms with Crippen LogP contribution in [-0.2, 0) is 9.59 Å². The van der Waals surface area contributed by atoms with Gasteiger partial charge in [0.2, 0.25) is 0 Å². The summed E-state index contributed by atoms with van der Waals surface area (Å²) in [5.74, 6) is 2.37. The first kappa shape index (κ1) is 31.5. The quantitative estimate of drug-likeness (QED) is 0.226. The predicted molar refractivity (Wildman–Crippen MR) is 164 cm³/mol. The molecule has 0 aromatic carbocycles. The highest BCUT2D eigenvalue weighted by atomic mass is 16.3. The molecule has 4 nitrogen and oxygen atoms in total. The number of hydrogen-bond acceptors (Lipinski definition) is 4. The van der Waals surface area contributed by atoms with Crippen molar-refractivity contribution in [3.63, 3.8) is 0 Å². The normalized spacial score (nSPS) is 31.4. The monoisotopic (exact) mass is 553 g/mol. The average molecular weight is 554 g/mol. The molecule has 4 rings (SSSR count). The first-order valence-electron chi connectivity index (χ1n) is 16.4. The lowest BCUT2D eigenvalue weighted by Crippen LogP contribution is -2.42. The molecule has 4 heteroatoms. The van der Waals surface area contributed by atoms with Crippen molar-refractivity contribution in [2.75, 3.05) is 0 Å². The van der Waals surface area contributed by atoms with Crippen LogP contribution in [0.15, 0.2) is 24.4 Å². The number of rotatable bonds is 13. The minimum atomic E-state index is -1.16. The Kier molecular flexibility index (Phi) is 9.21. The summed E-state index contributed by atoms with van der Waals surface area (Å²) in [4.78, 5) is 27.8. The van der Waals surface area contributed by atoms with Crippen molar-refractivity contribution < 1.29 is 14.7 Å². The van der Waals surface area contributed by atoms with Crippen LogP contribution < -0.4 is 5.73 Å². The second-order valence-corrected chi connectivity index (χ2v) is 16.4. The first-order chi connectivity index (χ1) is 18.5. The molecule has 4 aliphatic carbocycles. The Hall–Kier alpha value is -1.42. The minimum absolute atomic E-state index is 0.0463. The van der Waals surface area contributed by atoms with E-state index in [4.69, 9.17) is 5.73 Å². The standard InChI is InChI=1S/C36H59NO3/c1-22(17-26(18-24-15-12-16-24)36(8,40)23(2)37)31-28(21-29-32(31)35(29,6)7)33(39)30(34(3,4)5)20-27(38)19-25-13-10-9-11-14-25/h24-26,28-32,40H,1-2,9-21,37H2,3-8H3. The minimum Gasteiger partial charge on any atom is -0.400 e. The Morgan fingerprint density at radius 3 is 2.08 bits per heavy atom. The van der Waals surface area contributed by atoms with Gasteiger partial charge in [-0.15, -0.1) is 0 Å². The first-order valence-corrected chi connectivity index (χ1v) is 16.4. The number of allylic oxidation sites excluding steroid dienone is 1. The topological polar surface area (TPSA) is 80.4 Å². The highest BCUT2D eigenvalue weighted by molar-refractivity contribution is 5.90. The molecule has 4 aliphatic rings. The maximum absolute atomic E-state index is 14.5. The molecule has 226 valence electrons. The average Bonchev–Trinajstić information content (AvgIpc) is 3.15. The smallest absolute Gasteiger partial charge is 0.140 e. The number of hydrogen-bond donors (Lipinski definition) is 2. The summed E-state index contributed by atoms with van der Waals surface area (Å²) in [6.45, 7) is 21.4. The molecular formula is C36H59NO3. The Balaban J connectivity index is 1.52. The lowest BCUT2D eigenvalue weighted by atomic mass is 9.65. The van der Waals surface area contributed by atoms with E-state index in [1.54, 1.807) is 6.92 Å². The number of nitrogens with two attached hydrogens (primary N) is 1. The van der Waals surface area contributed by atoms with Crippen molar-refractivity contribution in [3.8, 4) is 0 Å². The molecule has 0 spiro atoms. The van der Waals surface area contributed by atoms with Gasteiger partial charge in [-0.1, -0.05) is 105 Å². The number of carbonyl (C=O) groups is 2. The second kappa shape index (κ2) is 11.7. The molecule has 4 fully saturated rings. The van der Waals surface area contributed by atoms with Gasteiger partial charge in [-0.2, -0.15) is 0 Å². The van der Waals surface area contributed by atoms with Crippen molar-refractivity contribution in [1.82, 2.24) is 0 Å². The van der Waals surface area contributed by atoms with E-state index in [9.17, 15) is 14.7 Å². The molecule has 0 saturated heterocycles. The molecule has 0 amide bonds. The van der Waals surface area contributed by atoms with E-state index in [1.807, 2.05) is 0 Å². The van der Waals surface area contributed by atoms with Crippen LogP contribution in [0.4, 0.5) is 0 Å². The van der Waals surface area contributed by atoms with Crippen LogP contribution in [0.2, 0.25) is 0 Å². The zero-order valence-corrected chi connectivity index (χ0v) is 26.6. The zero-order chi connectivity index (χ0) is 29.6. The third kappa shape index (κ3) is 6.47. The van der Waals surface area contributed by atoms with Gasteiger partial charge in [-0.05, 0) is 72.5 Å². The molecule has 0 radical (unpaired) electrons. The number of Topliss-reactive ketones (excluding diaryl/α,β-unsaturated/α-hetero) is 2. The summed E-state index contributed by atoms with van der Waals surface area (Å²) < 4.78 is 0. The molecule has 7 atom stereocenters. The van der Waals surface area contributed by atoms with Gasteiger partial charge in [-0.25, -0.2) is 0 Å². The maximum Gasteiger partial charge on any atom is 0.140 e.